The molecule has 3 aromatic carbocycles. The molecule has 1 aliphatic rings. The molecule has 42 heavy (non-hydrogen) atoms. The first-order valence-electron chi connectivity index (χ1n) is 13.5. The number of hydrogen-bond acceptors (Lipinski definition) is 6. The third-order valence-corrected chi connectivity index (χ3v) is 8.52. The van der Waals surface area contributed by atoms with Crippen LogP contribution in [0.5, 0.6) is 5.75 Å². The number of carbonyl (C=O) groups excluding carboxylic acids is 2. The van der Waals surface area contributed by atoms with E-state index >= 15 is 0 Å². The molecule has 224 valence electrons. The fourth-order valence-corrected chi connectivity index (χ4v) is 5.70. The number of ether oxygens (including phenoxy) is 1. The van der Waals surface area contributed by atoms with Crippen molar-refractivity contribution in [1.29, 1.82) is 0 Å². The maximum absolute atomic E-state index is 13.4. The maximum atomic E-state index is 13.4. The van der Waals surface area contributed by atoms with E-state index < -0.39 is 34.0 Å². The lowest BCUT2D eigenvalue weighted by Gasteiger charge is -2.34. The zero-order valence-electron chi connectivity index (χ0n) is 23.7. The molecule has 12 heteroatoms. The Labute approximate surface area is 245 Å². The first kappa shape index (κ1) is 30.8. The fourth-order valence-electron chi connectivity index (χ4n) is 4.63. The van der Waals surface area contributed by atoms with E-state index in [1.165, 1.54) is 41.3 Å². The number of anilines is 2. The molecule has 3 N–H and O–H groups in total. The summed E-state index contributed by atoms with van der Waals surface area (Å²) in [4.78, 5) is 29.5. The van der Waals surface area contributed by atoms with Crippen LogP contribution < -0.4 is 14.8 Å². The van der Waals surface area contributed by atoms with Crippen LogP contribution in [0.2, 0.25) is 0 Å². The van der Waals surface area contributed by atoms with Crippen molar-refractivity contribution in [3.05, 3.63) is 84.2 Å². The molecular formula is C30H35FN4O6S. The van der Waals surface area contributed by atoms with E-state index in [0.29, 0.717) is 17.0 Å². The standard InChI is InChI=1S/C30H35FN4O6S/c1-20-17-35(21(2)19-36)29(37)16-22-15-25(33-42(39,40)26-7-5-4-6-8-26)13-14-27(22)41-28(20)18-34(3)30(38)32-24-11-9-23(31)10-12-24/h4-15,20-21,28,33,36H,16-19H2,1-3H3,(H,32,38)/t20-,21+,28+/m1/s1. The lowest BCUT2D eigenvalue weighted by atomic mass is 10.0. The number of aliphatic hydroxyl groups excluding tert-OH is 1. The fraction of sp³-hybridized carbons (Fsp3) is 0.333. The molecule has 0 radical (unpaired) electrons. The highest BCUT2D eigenvalue weighted by Gasteiger charge is 2.32. The highest BCUT2D eigenvalue weighted by molar-refractivity contribution is 7.92. The van der Waals surface area contributed by atoms with Crippen molar-refractivity contribution in [1.82, 2.24) is 9.80 Å². The minimum atomic E-state index is -3.87. The molecule has 3 atom stereocenters. The van der Waals surface area contributed by atoms with Gasteiger partial charge in [0, 0.05) is 36.4 Å². The Morgan fingerprint density at radius 3 is 2.45 bits per heavy atom. The van der Waals surface area contributed by atoms with Gasteiger partial charge in [-0.25, -0.2) is 17.6 Å². The number of nitrogens with zero attached hydrogens (tertiary/aromatic N) is 2. The molecule has 1 aliphatic heterocycles. The summed E-state index contributed by atoms with van der Waals surface area (Å²) in [5, 5.41) is 12.6. The van der Waals surface area contributed by atoms with E-state index in [4.69, 9.17) is 4.74 Å². The second-order valence-corrected chi connectivity index (χ2v) is 12.1. The van der Waals surface area contributed by atoms with Crippen molar-refractivity contribution in [3.8, 4) is 5.75 Å². The number of benzene rings is 3. The number of carbonyl (C=O) groups is 2. The van der Waals surface area contributed by atoms with Gasteiger partial charge in [0.15, 0.2) is 0 Å². The minimum absolute atomic E-state index is 0.0824. The van der Waals surface area contributed by atoms with Gasteiger partial charge < -0.3 is 25.0 Å². The lowest BCUT2D eigenvalue weighted by Crippen LogP contribution is -2.48. The number of urea groups is 1. The summed E-state index contributed by atoms with van der Waals surface area (Å²) in [6.07, 6.45) is -0.653. The van der Waals surface area contributed by atoms with Gasteiger partial charge in [0.25, 0.3) is 10.0 Å². The normalized spacial score (nSPS) is 18.0. The molecule has 1 heterocycles. The van der Waals surface area contributed by atoms with E-state index in [1.54, 1.807) is 55.3 Å². The Kier molecular flexibility index (Phi) is 9.69. The van der Waals surface area contributed by atoms with Crippen molar-refractivity contribution in [2.24, 2.45) is 5.92 Å². The van der Waals surface area contributed by atoms with Crippen LogP contribution in [0.25, 0.3) is 0 Å². The number of fused-ring (bicyclic) bond motifs is 1. The number of nitrogens with one attached hydrogen (secondary N) is 2. The quantitative estimate of drug-likeness (QED) is 0.361. The minimum Gasteiger partial charge on any atom is -0.488 e. The number of hydrogen-bond donors (Lipinski definition) is 3. The number of amides is 3. The van der Waals surface area contributed by atoms with Crippen LogP contribution in [0.1, 0.15) is 19.4 Å². The largest absolute Gasteiger partial charge is 0.488 e. The van der Waals surface area contributed by atoms with E-state index in [1.807, 2.05) is 6.92 Å². The van der Waals surface area contributed by atoms with Gasteiger partial charge in [0.2, 0.25) is 5.91 Å². The predicted octanol–water partition coefficient (Wildman–Crippen LogP) is 3.94. The summed E-state index contributed by atoms with van der Waals surface area (Å²) >= 11 is 0. The summed E-state index contributed by atoms with van der Waals surface area (Å²) in [7, 11) is -2.27. The average molecular weight is 599 g/mol. The summed E-state index contributed by atoms with van der Waals surface area (Å²) < 4.78 is 48.1. The van der Waals surface area contributed by atoms with Gasteiger partial charge >= 0.3 is 6.03 Å². The van der Waals surface area contributed by atoms with Gasteiger partial charge in [-0.2, -0.15) is 0 Å². The SMILES string of the molecule is C[C@@H]1CN([C@@H](C)CO)C(=O)Cc2cc(NS(=O)(=O)c3ccccc3)ccc2O[C@H]1CN(C)C(=O)Nc1ccc(F)cc1. The monoisotopic (exact) mass is 598 g/mol. The van der Waals surface area contributed by atoms with Crippen LogP contribution in [-0.4, -0.2) is 74.2 Å². The van der Waals surface area contributed by atoms with Crippen molar-refractivity contribution in [2.45, 2.75) is 37.3 Å². The number of rotatable bonds is 8. The average Bonchev–Trinajstić information content (AvgIpc) is 3.01. The van der Waals surface area contributed by atoms with Gasteiger partial charge in [-0.15, -0.1) is 0 Å². The molecule has 0 fully saturated rings. The van der Waals surface area contributed by atoms with E-state index in [-0.39, 0.29) is 48.5 Å². The van der Waals surface area contributed by atoms with E-state index in [0.717, 1.165) is 0 Å². The van der Waals surface area contributed by atoms with Crippen LogP contribution in [0.3, 0.4) is 0 Å². The lowest BCUT2D eigenvalue weighted by molar-refractivity contribution is -0.134. The molecule has 4 rings (SSSR count). The molecule has 3 amide bonds. The second kappa shape index (κ2) is 13.2. The topological polar surface area (TPSA) is 128 Å². The Bertz CT molecular complexity index is 1500. The van der Waals surface area contributed by atoms with E-state index in [2.05, 4.69) is 10.0 Å². The molecular weight excluding hydrogens is 563 g/mol. The van der Waals surface area contributed by atoms with Crippen LogP contribution in [-0.2, 0) is 21.2 Å². The molecule has 10 nitrogen and oxygen atoms in total. The first-order valence-corrected chi connectivity index (χ1v) is 15.0. The third-order valence-electron chi connectivity index (χ3n) is 7.12. The molecule has 3 aromatic rings. The summed E-state index contributed by atoms with van der Waals surface area (Å²) in [6.45, 7) is 3.81. The smallest absolute Gasteiger partial charge is 0.321 e. The molecule has 0 unspecified atom stereocenters. The highest BCUT2D eigenvalue weighted by atomic mass is 32.2. The Hall–Kier alpha value is -4.16. The number of aliphatic hydroxyl groups is 1. The molecule has 0 aromatic heterocycles. The number of sulfonamides is 1. The van der Waals surface area contributed by atoms with Gasteiger partial charge in [0.1, 0.15) is 17.7 Å². The van der Waals surface area contributed by atoms with Gasteiger partial charge in [-0.1, -0.05) is 25.1 Å². The zero-order chi connectivity index (χ0) is 30.4. The first-order chi connectivity index (χ1) is 20.0. The van der Waals surface area contributed by atoms with Crippen molar-refractivity contribution in [3.63, 3.8) is 0 Å². The summed E-state index contributed by atoms with van der Waals surface area (Å²) in [6, 6.07) is 17.2. The van der Waals surface area contributed by atoms with Crippen LogP contribution >= 0.6 is 0 Å². The van der Waals surface area contributed by atoms with Crippen molar-refractivity contribution < 1.29 is 32.2 Å². The summed E-state index contributed by atoms with van der Waals surface area (Å²) in [5.41, 5.74) is 1.15. The van der Waals surface area contributed by atoms with Crippen LogP contribution in [0, 0.1) is 11.7 Å². The molecule has 0 saturated carbocycles. The summed E-state index contributed by atoms with van der Waals surface area (Å²) in [5.74, 6) is -0.542. The van der Waals surface area contributed by atoms with Gasteiger partial charge in [-0.3, -0.25) is 9.52 Å². The van der Waals surface area contributed by atoms with Gasteiger partial charge in [0.05, 0.1) is 30.5 Å². The number of likely N-dealkylation sites (N-methyl/N-ethyl adjacent to an activating group) is 1. The molecule has 0 aliphatic carbocycles. The Morgan fingerprint density at radius 1 is 1.12 bits per heavy atom. The maximum Gasteiger partial charge on any atom is 0.321 e. The Balaban J connectivity index is 1.61. The van der Waals surface area contributed by atoms with E-state index in [9.17, 15) is 27.5 Å². The van der Waals surface area contributed by atoms with Crippen LogP contribution in [0.15, 0.2) is 77.7 Å². The number of halogens is 1. The highest BCUT2D eigenvalue weighted by Crippen LogP contribution is 2.30. The van der Waals surface area contributed by atoms with Crippen molar-refractivity contribution >= 4 is 33.3 Å². The van der Waals surface area contributed by atoms with Crippen molar-refractivity contribution in [2.75, 3.05) is 36.8 Å². The second-order valence-electron chi connectivity index (χ2n) is 10.4. The third kappa shape index (κ3) is 7.56. The Morgan fingerprint density at radius 2 is 1.79 bits per heavy atom. The van der Waals surface area contributed by atoms with Gasteiger partial charge in [-0.05, 0) is 61.5 Å². The zero-order valence-corrected chi connectivity index (χ0v) is 24.5. The van der Waals surface area contributed by atoms with Crippen LogP contribution in [0.4, 0.5) is 20.6 Å². The molecule has 0 saturated heterocycles. The molecule has 0 spiro atoms. The predicted molar refractivity (Wildman–Crippen MR) is 157 cm³/mol. The molecule has 0 bridgehead atoms.